The number of ether oxygens (including phenoxy) is 3. The topological polar surface area (TPSA) is 85.3 Å². The van der Waals surface area contributed by atoms with Gasteiger partial charge in [0, 0.05) is 11.3 Å². The lowest BCUT2D eigenvalue weighted by atomic mass is 9.95. The summed E-state index contributed by atoms with van der Waals surface area (Å²) < 4.78 is 16.2. The summed E-state index contributed by atoms with van der Waals surface area (Å²) in [6.07, 6.45) is 0. The van der Waals surface area contributed by atoms with Crippen LogP contribution in [0.2, 0.25) is 0 Å². The molecule has 1 unspecified atom stereocenters. The van der Waals surface area contributed by atoms with Gasteiger partial charge in [-0.25, -0.2) is 0 Å². The minimum atomic E-state index is -0.833. The molecule has 3 aromatic rings. The van der Waals surface area contributed by atoms with Crippen LogP contribution in [0.3, 0.4) is 0 Å². The lowest BCUT2D eigenvalue weighted by molar-refractivity contribution is -0.132. The summed E-state index contributed by atoms with van der Waals surface area (Å²) in [6, 6.07) is 19.9. The first-order valence-electron chi connectivity index (χ1n) is 11.7. The van der Waals surface area contributed by atoms with Crippen molar-refractivity contribution in [3.63, 3.8) is 0 Å². The van der Waals surface area contributed by atoms with E-state index in [0.717, 1.165) is 0 Å². The first-order valence-corrected chi connectivity index (χ1v) is 11.7. The van der Waals surface area contributed by atoms with Crippen molar-refractivity contribution in [2.75, 3.05) is 25.7 Å². The van der Waals surface area contributed by atoms with E-state index < -0.39 is 17.7 Å². The van der Waals surface area contributed by atoms with Gasteiger partial charge in [0.25, 0.3) is 11.7 Å². The van der Waals surface area contributed by atoms with Gasteiger partial charge in [-0.1, -0.05) is 26.0 Å². The van der Waals surface area contributed by atoms with Gasteiger partial charge in [0.1, 0.15) is 23.0 Å². The van der Waals surface area contributed by atoms with Crippen LogP contribution in [0.15, 0.2) is 78.4 Å². The zero-order chi connectivity index (χ0) is 25.8. The fourth-order valence-electron chi connectivity index (χ4n) is 4.07. The summed E-state index contributed by atoms with van der Waals surface area (Å²) in [5.41, 5.74) is 1.59. The molecule has 36 heavy (non-hydrogen) atoms. The van der Waals surface area contributed by atoms with Crippen molar-refractivity contribution in [2.24, 2.45) is 5.92 Å². The standard InChI is InChI=1S/C29H29NO6/c1-18(2)17-36-24-15-9-21(10-16-24)30-26(19-5-11-22(34-3)12-6-19)25(28(32)29(30)33)27(31)20-7-13-23(35-4)14-8-20/h5-16,18,26,31H,17H2,1-4H3/b27-25+. The Morgan fingerprint density at radius 3 is 1.89 bits per heavy atom. The molecule has 0 aliphatic carbocycles. The van der Waals surface area contributed by atoms with Gasteiger partial charge in [0.05, 0.1) is 32.4 Å². The van der Waals surface area contributed by atoms with Gasteiger partial charge in [-0.05, 0) is 72.1 Å². The zero-order valence-electron chi connectivity index (χ0n) is 20.7. The van der Waals surface area contributed by atoms with E-state index in [2.05, 4.69) is 13.8 Å². The number of aliphatic hydroxyl groups excluding tert-OH is 1. The average Bonchev–Trinajstić information content (AvgIpc) is 3.17. The zero-order valence-corrected chi connectivity index (χ0v) is 20.7. The smallest absolute Gasteiger partial charge is 0.300 e. The molecule has 0 saturated carbocycles. The second kappa shape index (κ2) is 10.6. The molecule has 1 aliphatic rings. The van der Waals surface area contributed by atoms with Crippen LogP contribution in [0.5, 0.6) is 17.2 Å². The van der Waals surface area contributed by atoms with E-state index in [4.69, 9.17) is 14.2 Å². The number of rotatable bonds is 8. The lowest BCUT2D eigenvalue weighted by Gasteiger charge is -2.26. The van der Waals surface area contributed by atoms with Crippen molar-refractivity contribution in [3.05, 3.63) is 89.5 Å². The average molecular weight is 488 g/mol. The maximum Gasteiger partial charge on any atom is 0.300 e. The highest BCUT2D eigenvalue weighted by Gasteiger charge is 2.47. The molecule has 7 nitrogen and oxygen atoms in total. The highest BCUT2D eigenvalue weighted by molar-refractivity contribution is 6.51. The summed E-state index contributed by atoms with van der Waals surface area (Å²) >= 11 is 0. The minimum absolute atomic E-state index is 0.00969. The lowest BCUT2D eigenvalue weighted by Crippen LogP contribution is -2.29. The summed E-state index contributed by atoms with van der Waals surface area (Å²) in [7, 11) is 3.11. The molecule has 0 spiro atoms. The first-order chi connectivity index (χ1) is 17.3. The van der Waals surface area contributed by atoms with Crippen LogP contribution < -0.4 is 19.1 Å². The van der Waals surface area contributed by atoms with Gasteiger partial charge in [0.2, 0.25) is 0 Å². The molecule has 3 aromatic carbocycles. The summed E-state index contributed by atoms with van der Waals surface area (Å²) in [5.74, 6) is 0.553. The molecule has 1 N–H and O–H groups in total. The Kier molecular flexibility index (Phi) is 7.29. The molecule has 0 radical (unpaired) electrons. The van der Waals surface area contributed by atoms with E-state index in [9.17, 15) is 14.7 Å². The van der Waals surface area contributed by atoms with Crippen molar-refractivity contribution >= 4 is 23.1 Å². The number of anilines is 1. The van der Waals surface area contributed by atoms with Crippen LogP contribution in [0.25, 0.3) is 5.76 Å². The third-order valence-corrected chi connectivity index (χ3v) is 5.94. The number of nitrogens with zero attached hydrogens (tertiary/aromatic N) is 1. The van der Waals surface area contributed by atoms with Crippen LogP contribution in [-0.4, -0.2) is 37.6 Å². The number of carbonyl (C=O) groups is 2. The quantitative estimate of drug-likeness (QED) is 0.261. The fourth-order valence-corrected chi connectivity index (χ4v) is 4.07. The molecular formula is C29H29NO6. The van der Waals surface area contributed by atoms with Crippen LogP contribution in [-0.2, 0) is 9.59 Å². The molecule has 7 heteroatoms. The predicted molar refractivity (Wildman–Crippen MR) is 138 cm³/mol. The number of hydrogen-bond donors (Lipinski definition) is 1. The summed E-state index contributed by atoms with van der Waals surface area (Å²) in [5, 5.41) is 11.2. The SMILES string of the molecule is COc1ccc(/C(O)=C2\C(=O)C(=O)N(c3ccc(OCC(C)C)cc3)C2c2ccc(OC)cc2)cc1. The predicted octanol–water partition coefficient (Wildman–Crippen LogP) is 5.36. The Balaban J connectivity index is 1.81. The van der Waals surface area contributed by atoms with Crippen LogP contribution >= 0.6 is 0 Å². The van der Waals surface area contributed by atoms with Crippen molar-refractivity contribution in [3.8, 4) is 17.2 Å². The normalized spacial score (nSPS) is 16.9. The van der Waals surface area contributed by atoms with Crippen LogP contribution in [0.1, 0.15) is 31.0 Å². The molecule has 0 bridgehead atoms. The van der Waals surface area contributed by atoms with Gasteiger partial charge in [0.15, 0.2) is 0 Å². The van der Waals surface area contributed by atoms with E-state index in [-0.39, 0.29) is 11.3 Å². The molecule has 1 atom stereocenters. The van der Waals surface area contributed by atoms with Crippen molar-refractivity contribution in [1.29, 1.82) is 0 Å². The highest BCUT2D eigenvalue weighted by atomic mass is 16.5. The maximum absolute atomic E-state index is 13.3. The Morgan fingerprint density at radius 2 is 1.36 bits per heavy atom. The Bertz CT molecular complexity index is 1260. The molecule has 1 saturated heterocycles. The highest BCUT2D eigenvalue weighted by Crippen LogP contribution is 2.42. The van der Waals surface area contributed by atoms with Gasteiger partial charge >= 0.3 is 0 Å². The number of Topliss-reactive ketones (excluding diaryl/α,β-unsaturated/α-hetero) is 1. The van der Waals surface area contributed by atoms with Crippen molar-refractivity contribution in [1.82, 2.24) is 0 Å². The van der Waals surface area contributed by atoms with E-state index in [1.165, 1.54) is 4.90 Å². The number of aliphatic hydroxyl groups is 1. The van der Waals surface area contributed by atoms with E-state index in [1.807, 2.05) is 0 Å². The Labute approximate surface area is 210 Å². The van der Waals surface area contributed by atoms with Gasteiger partial charge in [-0.2, -0.15) is 0 Å². The largest absolute Gasteiger partial charge is 0.507 e. The first kappa shape index (κ1) is 24.9. The van der Waals surface area contributed by atoms with Gasteiger partial charge in [-0.3, -0.25) is 14.5 Å². The van der Waals surface area contributed by atoms with Crippen molar-refractivity contribution < 1.29 is 28.9 Å². The molecule has 1 amide bonds. The number of benzene rings is 3. The number of amides is 1. The molecule has 1 fully saturated rings. The number of hydrogen-bond acceptors (Lipinski definition) is 6. The van der Waals surface area contributed by atoms with E-state index in [1.54, 1.807) is 87.0 Å². The molecular weight excluding hydrogens is 458 g/mol. The van der Waals surface area contributed by atoms with Crippen LogP contribution in [0.4, 0.5) is 5.69 Å². The number of methoxy groups -OCH3 is 2. The summed E-state index contributed by atoms with van der Waals surface area (Å²) in [6.45, 7) is 4.69. The second-order valence-corrected chi connectivity index (χ2v) is 8.87. The number of carbonyl (C=O) groups excluding carboxylic acids is 2. The van der Waals surface area contributed by atoms with Crippen molar-refractivity contribution in [2.45, 2.75) is 19.9 Å². The Morgan fingerprint density at radius 1 is 0.833 bits per heavy atom. The molecule has 1 aliphatic heterocycles. The Hall–Kier alpha value is -4.26. The molecule has 1 heterocycles. The monoisotopic (exact) mass is 487 g/mol. The third kappa shape index (κ3) is 4.91. The maximum atomic E-state index is 13.3. The molecule has 4 rings (SSSR count). The molecule has 186 valence electrons. The van der Waals surface area contributed by atoms with Gasteiger partial charge < -0.3 is 19.3 Å². The molecule has 0 aromatic heterocycles. The second-order valence-electron chi connectivity index (χ2n) is 8.87. The van der Waals surface area contributed by atoms with Crippen LogP contribution in [0, 0.1) is 5.92 Å². The van der Waals surface area contributed by atoms with Gasteiger partial charge in [-0.15, -0.1) is 0 Å². The van der Waals surface area contributed by atoms with E-state index in [0.29, 0.717) is 46.6 Å². The minimum Gasteiger partial charge on any atom is -0.507 e. The third-order valence-electron chi connectivity index (χ3n) is 5.94. The van der Waals surface area contributed by atoms with E-state index >= 15 is 0 Å². The fraction of sp³-hybridized carbons (Fsp3) is 0.241. The summed E-state index contributed by atoms with van der Waals surface area (Å²) in [4.78, 5) is 28.0. The number of ketones is 1.